The molecule has 2 heterocycles. The van der Waals surface area contributed by atoms with E-state index in [1.807, 2.05) is 6.07 Å². The number of nitrogens with one attached hydrogen (secondary N) is 1. The van der Waals surface area contributed by atoms with Gasteiger partial charge in [0.2, 0.25) is 6.79 Å². The molecule has 1 aromatic rings. The molecule has 21 heavy (non-hydrogen) atoms. The summed E-state index contributed by atoms with van der Waals surface area (Å²) in [6.45, 7) is 8.20. The van der Waals surface area contributed by atoms with E-state index in [4.69, 9.17) is 9.47 Å². The van der Waals surface area contributed by atoms with Gasteiger partial charge < -0.3 is 14.8 Å². The fourth-order valence-corrected chi connectivity index (χ4v) is 3.05. The lowest BCUT2D eigenvalue weighted by Crippen LogP contribution is -2.38. The summed E-state index contributed by atoms with van der Waals surface area (Å²) < 4.78 is 10.8. The summed E-state index contributed by atoms with van der Waals surface area (Å²) in [5.74, 6) is 2.55. The molecule has 0 saturated carbocycles. The molecule has 1 N–H and O–H groups in total. The van der Waals surface area contributed by atoms with Crippen molar-refractivity contribution in [3.8, 4) is 11.5 Å². The minimum absolute atomic E-state index is 0. The second-order valence-electron chi connectivity index (χ2n) is 5.73. The molecule has 118 valence electrons. The molecule has 0 bridgehead atoms. The standard InChI is InChI=1S/C16H24N2O2.ClH/c1-2-18(11-14-4-3-7-17-9-14)10-13-5-6-15-16(8-13)20-12-19-15;/h5-6,8,14,17H,2-4,7,9-12H2,1H3;1H. The molecular formula is C16H25ClN2O2. The second-order valence-corrected chi connectivity index (χ2v) is 5.73. The smallest absolute Gasteiger partial charge is 0.231 e. The van der Waals surface area contributed by atoms with Gasteiger partial charge in [0.05, 0.1) is 0 Å². The number of benzene rings is 1. The number of fused-ring (bicyclic) bond motifs is 1. The summed E-state index contributed by atoms with van der Waals surface area (Å²) in [4.78, 5) is 2.52. The van der Waals surface area contributed by atoms with Crippen molar-refractivity contribution in [2.75, 3.05) is 33.0 Å². The molecule has 1 fully saturated rings. The van der Waals surface area contributed by atoms with Crippen LogP contribution in [0.5, 0.6) is 11.5 Å². The highest BCUT2D eigenvalue weighted by atomic mass is 35.5. The van der Waals surface area contributed by atoms with Gasteiger partial charge in [0.1, 0.15) is 0 Å². The zero-order valence-electron chi connectivity index (χ0n) is 12.6. The van der Waals surface area contributed by atoms with Crippen LogP contribution in [0.4, 0.5) is 0 Å². The largest absolute Gasteiger partial charge is 0.454 e. The van der Waals surface area contributed by atoms with Crippen LogP contribution in [-0.4, -0.2) is 37.9 Å². The topological polar surface area (TPSA) is 33.7 Å². The highest BCUT2D eigenvalue weighted by Gasteiger charge is 2.18. The van der Waals surface area contributed by atoms with E-state index < -0.39 is 0 Å². The van der Waals surface area contributed by atoms with Crippen LogP contribution >= 0.6 is 12.4 Å². The van der Waals surface area contributed by atoms with Crippen molar-refractivity contribution < 1.29 is 9.47 Å². The van der Waals surface area contributed by atoms with Crippen molar-refractivity contribution in [3.05, 3.63) is 23.8 Å². The third-order valence-electron chi connectivity index (χ3n) is 4.21. The molecule has 0 spiro atoms. The Bertz CT molecular complexity index is 450. The minimum Gasteiger partial charge on any atom is -0.454 e. The minimum atomic E-state index is 0. The van der Waals surface area contributed by atoms with Crippen molar-refractivity contribution in [1.82, 2.24) is 10.2 Å². The summed E-state index contributed by atoms with van der Waals surface area (Å²) >= 11 is 0. The van der Waals surface area contributed by atoms with Crippen LogP contribution in [0, 0.1) is 5.92 Å². The number of piperidine rings is 1. The second kappa shape index (κ2) is 7.87. The Hall–Kier alpha value is -0.970. The Labute approximate surface area is 133 Å². The van der Waals surface area contributed by atoms with Crippen LogP contribution in [0.3, 0.4) is 0 Å². The Balaban J connectivity index is 0.00000161. The van der Waals surface area contributed by atoms with Crippen molar-refractivity contribution in [2.45, 2.75) is 26.3 Å². The third kappa shape index (κ3) is 4.25. The Morgan fingerprint density at radius 1 is 1.29 bits per heavy atom. The molecule has 1 saturated heterocycles. The summed E-state index contributed by atoms with van der Waals surface area (Å²) in [6, 6.07) is 6.28. The SMILES string of the molecule is CCN(Cc1ccc2c(c1)OCO2)CC1CCCNC1.Cl. The first-order valence-electron chi connectivity index (χ1n) is 7.66. The number of halogens is 1. The van der Waals surface area contributed by atoms with E-state index in [1.54, 1.807) is 0 Å². The zero-order valence-corrected chi connectivity index (χ0v) is 13.5. The summed E-state index contributed by atoms with van der Waals surface area (Å²) in [6.07, 6.45) is 2.66. The van der Waals surface area contributed by atoms with E-state index in [2.05, 4.69) is 29.3 Å². The van der Waals surface area contributed by atoms with Crippen LogP contribution in [0.2, 0.25) is 0 Å². The van der Waals surface area contributed by atoms with Gasteiger partial charge in [-0.3, -0.25) is 4.90 Å². The van der Waals surface area contributed by atoms with Crippen LogP contribution in [0.25, 0.3) is 0 Å². The average molecular weight is 313 g/mol. The van der Waals surface area contributed by atoms with Crippen molar-refractivity contribution in [3.63, 3.8) is 0 Å². The Morgan fingerprint density at radius 2 is 2.14 bits per heavy atom. The molecule has 2 aliphatic heterocycles. The molecule has 0 amide bonds. The third-order valence-corrected chi connectivity index (χ3v) is 4.21. The Morgan fingerprint density at radius 3 is 2.90 bits per heavy atom. The molecule has 0 aromatic heterocycles. The zero-order chi connectivity index (χ0) is 13.8. The quantitative estimate of drug-likeness (QED) is 0.906. The molecular weight excluding hydrogens is 288 g/mol. The van der Waals surface area contributed by atoms with Crippen LogP contribution in [-0.2, 0) is 6.54 Å². The van der Waals surface area contributed by atoms with E-state index in [-0.39, 0.29) is 12.4 Å². The van der Waals surface area contributed by atoms with Crippen LogP contribution in [0.1, 0.15) is 25.3 Å². The summed E-state index contributed by atoms with van der Waals surface area (Å²) in [7, 11) is 0. The van der Waals surface area contributed by atoms with E-state index in [1.165, 1.54) is 31.5 Å². The molecule has 1 unspecified atom stereocenters. The predicted octanol–water partition coefficient (Wildman–Crippen LogP) is 2.66. The molecule has 1 aromatic carbocycles. The van der Waals surface area contributed by atoms with Gasteiger partial charge in [0.15, 0.2) is 11.5 Å². The van der Waals surface area contributed by atoms with Gasteiger partial charge in [-0.1, -0.05) is 13.0 Å². The molecule has 2 aliphatic rings. The van der Waals surface area contributed by atoms with Gasteiger partial charge in [-0.2, -0.15) is 0 Å². The van der Waals surface area contributed by atoms with Crippen molar-refractivity contribution in [1.29, 1.82) is 0 Å². The molecule has 4 nitrogen and oxygen atoms in total. The van der Waals surface area contributed by atoms with Crippen molar-refractivity contribution >= 4 is 12.4 Å². The van der Waals surface area contributed by atoms with Crippen molar-refractivity contribution in [2.24, 2.45) is 5.92 Å². The van der Waals surface area contributed by atoms with E-state index in [0.29, 0.717) is 6.79 Å². The maximum Gasteiger partial charge on any atom is 0.231 e. The lowest BCUT2D eigenvalue weighted by Gasteiger charge is -2.29. The van der Waals surface area contributed by atoms with E-state index >= 15 is 0 Å². The van der Waals surface area contributed by atoms with Gasteiger partial charge in [0, 0.05) is 13.1 Å². The predicted molar refractivity (Wildman–Crippen MR) is 86.4 cm³/mol. The van der Waals surface area contributed by atoms with Gasteiger partial charge in [-0.05, 0) is 56.1 Å². The fraction of sp³-hybridized carbons (Fsp3) is 0.625. The van der Waals surface area contributed by atoms with Crippen LogP contribution in [0.15, 0.2) is 18.2 Å². The fourth-order valence-electron chi connectivity index (χ4n) is 3.05. The van der Waals surface area contributed by atoms with E-state index in [9.17, 15) is 0 Å². The summed E-state index contributed by atoms with van der Waals surface area (Å²) in [5.41, 5.74) is 1.31. The van der Waals surface area contributed by atoms with Gasteiger partial charge in [-0.25, -0.2) is 0 Å². The molecule has 0 aliphatic carbocycles. The van der Waals surface area contributed by atoms with Gasteiger partial charge in [-0.15, -0.1) is 12.4 Å². The summed E-state index contributed by atoms with van der Waals surface area (Å²) in [5, 5.41) is 3.50. The van der Waals surface area contributed by atoms with E-state index in [0.717, 1.165) is 37.1 Å². The first kappa shape index (κ1) is 16.4. The number of hydrogen-bond donors (Lipinski definition) is 1. The lowest BCUT2D eigenvalue weighted by molar-refractivity contribution is 0.173. The Kier molecular flexibility index (Phi) is 6.15. The van der Waals surface area contributed by atoms with Gasteiger partial charge in [0.25, 0.3) is 0 Å². The number of rotatable bonds is 5. The lowest BCUT2D eigenvalue weighted by atomic mass is 9.99. The molecule has 0 radical (unpaired) electrons. The first-order chi connectivity index (χ1) is 9.85. The highest BCUT2D eigenvalue weighted by molar-refractivity contribution is 5.85. The number of hydrogen-bond acceptors (Lipinski definition) is 4. The van der Waals surface area contributed by atoms with Gasteiger partial charge >= 0.3 is 0 Å². The monoisotopic (exact) mass is 312 g/mol. The first-order valence-corrected chi connectivity index (χ1v) is 7.66. The molecule has 5 heteroatoms. The molecule has 3 rings (SSSR count). The maximum absolute atomic E-state index is 5.45. The highest BCUT2D eigenvalue weighted by Crippen LogP contribution is 2.32. The number of ether oxygens (including phenoxy) is 2. The normalized spacial score (nSPS) is 20.4. The molecule has 1 atom stereocenters. The average Bonchev–Trinajstić information content (AvgIpc) is 2.95. The number of nitrogens with zero attached hydrogens (tertiary/aromatic N) is 1. The van der Waals surface area contributed by atoms with Crippen LogP contribution < -0.4 is 14.8 Å². The maximum atomic E-state index is 5.45.